The molecule has 0 unspecified atom stereocenters. The molecule has 8 heteroatoms. The van der Waals surface area contributed by atoms with Crippen LogP contribution in [0, 0.1) is 0 Å². The first-order chi connectivity index (χ1) is 14.7. The van der Waals surface area contributed by atoms with E-state index in [0.717, 1.165) is 39.7 Å². The molecule has 1 aliphatic heterocycles. The maximum atomic E-state index is 5.98. The van der Waals surface area contributed by atoms with Gasteiger partial charge in [0.1, 0.15) is 0 Å². The van der Waals surface area contributed by atoms with Crippen LogP contribution in [0.1, 0.15) is 30.4 Å². The maximum Gasteiger partial charge on any atom is 0.231 e. The number of anilines is 3. The highest BCUT2D eigenvalue weighted by Gasteiger charge is 2.16. The van der Waals surface area contributed by atoms with E-state index in [0.29, 0.717) is 25.0 Å². The van der Waals surface area contributed by atoms with Crippen molar-refractivity contribution in [2.45, 2.75) is 32.4 Å². The number of halogens is 2. The molecule has 0 bridgehead atoms. The van der Waals surface area contributed by atoms with Gasteiger partial charge in [-0.25, -0.2) is 0 Å². The van der Waals surface area contributed by atoms with Gasteiger partial charge in [-0.15, -0.1) is 0 Å². The highest BCUT2D eigenvalue weighted by molar-refractivity contribution is 9.10. The van der Waals surface area contributed by atoms with Crippen LogP contribution in [0.25, 0.3) is 0 Å². The van der Waals surface area contributed by atoms with Crippen LogP contribution in [0.4, 0.5) is 17.8 Å². The molecule has 30 heavy (non-hydrogen) atoms. The Balaban J connectivity index is 1.51. The van der Waals surface area contributed by atoms with Crippen molar-refractivity contribution in [3.05, 3.63) is 69.2 Å². The van der Waals surface area contributed by atoms with Crippen molar-refractivity contribution in [1.82, 2.24) is 15.0 Å². The number of aromatic nitrogens is 3. The third-order valence-corrected chi connectivity index (χ3v) is 5.71. The second kappa shape index (κ2) is 10.1. The zero-order valence-electron chi connectivity index (χ0n) is 16.6. The number of nitrogens with zero attached hydrogens (tertiary/aromatic N) is 4. The molecule has 4 rings (SSSR count). The Bertz CT molecular complexity index is 976. The average molecular weight is 488 g/mol. The van der Waals surface area contributed by atoms with Crippen LogP contribution in [0.3, 0.4) is 0 Å². The lowest BCUT2D eigenvalue weighted by Gasteiger charge is -2.27. The average Bonchev–Trinajstić information content (AvgIpc) is 2.78. The zero-order chi connectivity index (χ0) is 20.8. The van der Waals surface area contributed by atoms with Crippen LogP contribution in [0.2, 0.25) is 5.02 Å². The summed E-state index contributed by atoms with van der Waals surface area (Å²) in [5.74, 6) is 1.86. The van der Waals surface area contributed by atoms with Gasteiger partial charge in [-0.2, -0.15) is 15.0 Å². The van der Waals surface area contributed by atoms with E-state index < -0.39 is 0 Å². The van der Waals surface area contributed by atoms with Crippen LogP contribution in [-0.4, -0.2) is 28.0 Å². The van der Waals surface area contributed by atoms with Crippen molar-refractivity contribution in [1.29, 1.82) is 0 Å². The Morgan fingerprint density at radius 3 is 2.17 bits per heavy atom. The van der Waals surface area contributed by atoms with Crippen LogP contribution in [-0.2, 0) is 13.1 Å². The summed E-state index contributed by atoms with van der Waals surface area (Å²) in [7, 11) is 0. The van der Waals surface area contributed by atoms with Crippen LogP contribution in [0.15, 0.2) is 53.0 Å². The van der Waals surface area contributed by atoms with Gasteiger partial charge in [-0.1, -0.05) is 51.8 Å². The lowest BCUT2D eigenvalue weighted by Crippen LogP contribution is -2.31. The monoisotopic (exact) mass is 486 g/mol. The maximum absolute atomic E-state index is 5.98. The third-order valence-electron chi connectivity index (χ3n) is 4.97. The summed E-state index contributed by atoms with van der Waals surface area (Å²) < 4.78 is 1.05. The summed E-state index contributed by atoms with van der Waals surface area (Å²) in [5, 5.41) is 7.40. The van der Waals surface area contributed by atoms with Crippen molar-refractivity contribution in [2.24, 2.45) is 0 Å². The Morgan fingerprint density at radius 2 is 1.50 bits per heavy atom. The van der Waals surface area contributed by atoms with E-state index >= 15 is 0 Å². The number of piperidine rings is 1. The Morgan fingerprint density at radius 1 is 0.833 bits per heavy atom. The molecule has 1 aromatic heterocycles. The molecule has 0 amide bonds. The smallest absolute Gasteiger partial charge is 0.231 e. The van der Waals surface area contributed by atoms with E-state index in [4.69, 9.17) is 11.6 Å². The molecule has 6 nitrogen and oxygen atoms in total. The first kappa shape index (κ1) is 20.9. The second-order valence-electron chi connectivity index (χ2n) is 7.29. The van der Waals surface area contributed by atoms with Gasteiger partial charge in [0.15, 0.2) is 0 Å². The van der Waals surface area contributed by atoms with E-state index in [1.165, 1.54) is 19.3 Å². The van der Waals surface area contributed by atoms with Crippen molar-refractivity contribution < 1.29 is 0 Å². The van der Waals surface area contributed by atoms with Gasteiger partial charge < -0.3 is 15.5 Å². The summed E-state index contributed by atoms with van der Waals surface area (Å²) in [4.78, 5) is 16.2. The highest BCUT2D eigenvalue weighted by Crippen LogP contribution is 2.20. The lowest BCUT2D eigenvalue weighted by atomic mass is 10.1. The summed E-state index contributed by atoms with van der Waals surface area (Å²) in [5.41, 5.74) is 2.27. The van der Waals surface area contributed by atoms with Crippen LogP contribution < -0.4 is 15.5 Å². The number of hydrogen-bond donors (Lipinski definition) is 2. The molecule has 2 aromatic carbocycles. The van der Waals surface area contributed by atoms with E-state index in [1.54, 1.807) is 0 Å². The molecule has 156 valence electrons. The number of hydrogen-bond acceptors (Lipinski definition) is 6. The Kier molecular flexibility index (Phi) is 7.02. The topological polar surface area (TPSA) is 66.0 Å². The van der Waals surface area contributed by atoms with Crippen molar-refractivity contribution in [2.75, 3.05) is 28.6 Å². The minimum Gasteiger partial charge on any atom is -0.350 e. The van der Waals surface area contributed by atoms with Crippen molar-refractivity contribution in [3.63, 3.8) is 0 Å². The van der Waals surface area contributed by atoms with Gasteiger partial charge in [0, 0.05) is 35.7 Å². The summed E-state index contributed by atoms with van der Waals surface area (Å²) in [6, 6.07) is 15.9. The largest absolute Gasteiger partial charge is 0.350 e. The summed E-state index contributed by atoms with van der Waals surface area (Å²) >= 11 is 9.50. The van der Waals surface area contributed by atoms with Gasteiger partial charge in [0.05, 0.1) is 0 Å². The van der Waals surface area contributed by atoms with Crippen LogP contribution in [0.5, 0.6) is 0 Å². The standard InChI is InChI=1S/C22H24BrClN6/c23-18-6-4-5-17(13-18)15-26-21-27-20(25-14-16-7-9-19(24)10-8-16)28-22(29-21)30-11-2-1-3-12-30/h4-10,13H,1-3,11-12,14-15H2,(H2,25,26,27,28,29). The van der Waals surface area contributed by atoms with Crippen molar-refractivity contribution in [3.8, 4) is 0 Å². The van der Waals surface area contributed by atoms with E-state index in [9.17, 15) is 0 Å². The lowest BCUT2D eigenvalue weighted by molar-refractivity contribution is 0.567. The van der Waals surface area contributed by atoms with E-state index in [2.05, 4.69) is 58.5 Å². The van der Waals surface area contributed by atoms with E-state index in [-0.39, 0.29) is 0 Å². The molecule has 1 aliphatic rings. The van der Waals surface area contributed by atoms with E-state index in [1.807, 2.05) is 36.4 Å². The summed E-state index contributed by atoms with van der Waals surface area (Å²) in [6.45, 7) is 3.21. The first-order valence-corrected chi connectivity index (χ1v) is 11.3. The molecule has 0 spiro atoms. The third kappa shape index (κ3) is 5.83. The normalized spacial score (nSPS) is 13.9. The minimum atomic E-state index is 0.567. The Hall–Kier alpha value is -2.38. The molecule has 0 aliphatic carbocycles. The van der Waals surface area contributed by atoms with Crippen LogP contribution >= 0.6 is 27.5 Å². The zero-order valence-corrected chi connectivity index (χ0v) is 19.0. The quantitative estimate of drug-likeness (QED) is 0.458. The van der Waals surface area contributed by atoms with Gasteiger partial charge in [0.25, 0.3) is 0 Å². The molecule has 2 heterocycles. The summed E-state index contributed by atoms with van der Waals surface area (Å²) in [6.07, 6.45) is 3.59. The number of rotatable bonds is 7. The van der Waals surface area contributed by atoms with Crippen molar-refractivity contribution >= 4 is 45.4 Å². The van der Waals surface area contributed by atoms with Gasteiger partial charge in [-0.3, -0.25) is 0 Å². The molecular weight excluding hydrogens is 464 g/mol. The predicted molar refractivity (Wildman–Crippen MR) is 126 cm³/mol. The number of nitrogens with one attached hydrogen (secondary N) is 2. The fraction of sp³-hybridized carbons (Fsp3) is 0.318. The highest BCUT2D eigenvalue weighted by atomic mass is 79.9. The number of benzene rings is 2. The molecule has 0 radical (unpaired) electrons. The van der Waals surface area contributed by atoms with Gasteiger partial charge in [-0.05, 0) is 54.7 Å². The molecule has 0 atom stereocenters. The predicted octanol–water partition coefficient (Wildman–Crippen LogP) is 5.50. The van der Waals surface area contributed by atoms with Gasteiger partial charge in [0.2, 0.25) is 17.8 Å². The molecule has 1 saturated heterocycles. The fourth-order valence-electron chi connectivity index (χ4n) is 3.37. The fourth-order valence-corrected chi connectivity index (χ4v) is 3.94. The second-order valence-corrected chi connectivity index (χ2v) is 8.65. The van der Waals surface area contributed by atoms with Gasteiger partial charge >= 0.3 is 0 Å². The Labute approximate surface area is 190 Å². The first-order valence-electron chi connectivity index (χ1n) is 10.1. The molecular formula is C22H24BrClN6. The minimum absolute atomic E-state index is 0.567. The molecule has 3 aromatic rings. The molecule has 0 saturated carbocycles. The SMILES string of the molecule is Clc1ccc(CNc2nc(NCc3cccc(Br)c3)nc(N3CCCCC3)n2)cc1. The molecule has 1 fully saturated rings. The molecule has 2 N–H and O–H groups in total.